The molecule has 2 aromatic heterocycles. The van der Waals surface area contributed by atoms with E-state index in [0.717, 1.165) is 5.56 Å². The second-order valence-corrected chi connectivity index (χ2v) is 6.25. The van der Waals surface area contributed by atoms with Crippen molar-refractivity contribution in [1.29, 1.82) is 0 Å². The van der Waals surface area contributed by atoms with Crippen LogP contribution in [-0.4, -0.2) is 24.8 Å². The van der Waals surface area contributed by atoms with Gasteiger partial charge in [-0.2, -0.15) is 31.4 Å². The summed E-state index contributed by atoms with van der Waals surface area (Å²) in [6.45, 7) is 0. The van der Waals surface area contributed by atoms with E-state index in [1.165, 1.54) is 28.9 Å². The van der Waals surface area contributed by atoms with Crippen molar-refractivity contribution < 1.29 is 26.3 Å². The summed E-state index contributed by atoms with van der Waals surface area (Å²) in [5.74, 6) is 0. The zero-order valence-corrected chi connectivity index (χ0v) is 14.9. The lowest BCUT2D eigenvalue weighted by Crippen LogP contribution is -2.13. The Morgan fingerprint density at radius 3 is 1.97 bits per heavy atom. The van der Waals surface area contributed by atoms with Crippen LogP contribution in [-0.2, 0) is 12.4 Å². The summed E-state index contributed by atoms with van der Waals surface area (Å²) >= 11 is 0. The van der Waals surface area contributed by atoms with Gasteiger partial charge in [-0.15, -0.1) is 5.10 Å². The third kappa shape index (κ3) is 3.78. The van der Waals surface area contributed by atoms with Gasteiger partial charge >= 0.3 is 12.4 Å². The SMILES string of the molecule is FC(F)(F)c1cc(C(F)(F)F)n(-c2ccc(-n3cc(-c4ccccc4)nn3)cc2)n1. The molecule has 0 unspecified atom stereocenters. The van der Waals surface area contributed by atoms with Crippen molar-refractivity contribution in [2.75, 3.05) is 0 Å². The first-order chi connectivity index (χ1) is 14.1. The van der Waals surface area contributed by atoms with Gasteiger partial charge in [0.05, 0.1) is 17.6 Å². The summed E-state index contributed by atoms with van der Waals surface area (Å²) in [7, 11) is 0. The van der Waals surface area contributed by atoms with Gasteiger partial charge in [-0.3, -0.25) is 0 Å². The fourth-order valence-electron chi connectivity index (χ4n) is 2.80. The molecule has 2 aromatic carbocycles. The second-order valence-electron chi connectivity index (χ2n) is 6.25. The van der Waals surface area contributed by atoms with Crippen LogP contribution < -0.4 is 0 Å². The highest BCUT2D eigenvalue weighted by molar-refractivity contribution is 5.58. The standard InChI is InChI=1S/C19H11F6N5/c20-18(21,22)16-10-17(19(23,24)25)30(27-16)14-8-6-13(7-9-14)29-11-15(26-28-29)12-4-2-1-3-5-12/h1-11H. The fourth-order valence-corrected chi connectivity index (χ4v) is 2.80. The van der Waals surface area contributed by atoms with E-state index >= 15 is 0 Å². The van der Waals surface area contributed by atoms with Crippen LogP contribution in [0.25, 0.3) is 22.6 Å². The van der Waals surface area contributed by atoms with Crippen LogP contribution in [0.4, 0.5) is 26.3 Å². The van der Waals surface area contributed by atoms with Crippen LogP contribution in [0.5, 0.6) is 0 Å². The number of rotatable bonds is 3. The molecule has 4 aromatic rings. The summed E-state index contributed by atoms with van der Waals surface area (Å²) in [4.78, 5) is 0. The summed E-state index contributed by atoms with van der Waals surface area (Å²) < 4.78 is 79.8. The minimum atomic E-state index is -5.01. The van der Waals surface area contributed by atoms with Gasteiger partial charge in [0.15, 0.2) is 5.69 Å². The van der Waals surface area contributed by atoms with E-state index in [1.54, 1.807) is 6.20 Å². The zero-order chi connectivity index (χ0) is 21.5. The second kappa shape index (κ2) is 7.01. The first kappa shape index (κ1) is 19.7. The van der Waals surface area contributed by atoms with Gasteiger partial charge in [0.2, 0.25) is 0 Å². The monoisotopic (exact) mass is 423 g/mol. The molecule has 11 heteroatoms. The molecule has 30 heavy (non-hydrogen) atoms. The molecular formula is C19H11F6N5. The van der Waals surface area contributed by atoms with Crippen molar-refractivity contribution in [3.8, 4) is 22.6 Å². The third-order valence-electron chi connectivity index (χ3n) is 4.21. The van der Waals surface area contributed by atoms with Gasteiger partial charge in [-0.05, 0) is 24.3 Å². The lowest BCUT2D eigenvalue weighted by Gasteiger charge is -2.10. The number of nitrogens with zero attached hydrogens (tertiary/aromatic N) is 5. The minimum Gasteiger partial charge on any atom is -0.228 e. The molecule has 0 atom stereocenters. The summed E-state index contributed by atoms with van der Waals surface area (Å²) in [5, 5.41) is 11.1. The van der Waals surface area contributed by atoms with Crippen LogP contribution >= 0.6 is 0 Å². The van der Waals surface area contributed by atoms with E-state index < -0.39 is 23.7 Å². The van der Waals surface area contributed by atoms with Gasteiger partial charge in [0.25, 0.3) is 0 Å². The van der Waals surface area contributed by atoms with Gasteiger partial charge in [0.1, 0.15) is 11.4 Å². The van der Waals surface area contributed by atoms with Crippen LogP contribution in [0, 0.1) is 0 Å². The third-order valence-corrected chi connectivity index (χ3v) is 4.21. The first-order valence-electron chi connectivity index (χ1n) is 8.46. The number of hydrogen-bond acceptors (Lipinski definition) is 3. The average Bonchev–Trinajstić information content (AvgIpc) is 3.36. The Morgan fingerprint density at radius 1 is 0.733 bits per heavy atom. The first-order valence-corrected chi connectivity index (χ1v) is 8.46. The molecule has 0 saturated carbocycles. The van der Waals surface area contributed by atoms with Crippen molar-refractivity contribution in [1.82, 2.24) is 24.8 Å². The van der Waals surface area contributed by atoms with Crippen LogP contribution in [0.3, 0.4) is 0 Å². The maximum absolute atomic E-state index is 13.2. The van der Waals surface area contributed by atoms with Gasteiger partial charge in [0, 0.05) is 11.6 Å². The summed E-state index contributed by atoms with van der Waals surface area (Å²) in [6.07, 6.45) is -8.38. The molecule has 0 radical (unpaired) electrons. The Labute approximate surface area is 165 Å². The van der Waals surface area contributed by atoms with E-state index in [-0.39, 0.29) is 16.4 Å². The van der Waals surface area contributed by atoms with Gasteiger partial charge in [-0.1, -0.05) is 35.5 Å². The van der Waals surface area contributed by atoms with Crippen molar-refractivity contribution in [2.45, 2.75) is 12.4 Å². The summed E-state index contributed by atoms with van der Waals surface area (Å²) in [6, 6.07) is 14.4. The molecule has 0 saturated heterocycles. The van der Waals surface area contributed by atoms with E-state index in [4.69, 9.17) is 0 Å². The van der Waals surface area contributed by atoms with Gasteiger partial charge < -0.3 is 0 Å². The topological polar surface area (TPSA) is 48.5 Å². The summed E-state index contributed by atoms with van der Waals surface area (Å²) in [5.41, 5.74) is -1.44. The molecule has 0 spiro atoms. The Morgan fingerprint density at radius 2 is 1.37 bits per heavy atom. The molecule has 0 aliphatic carbocycles. The van der Waals surface area contributed by atoms with Crippen LogP contribution in [0.1, 0.15) is 11.4 Å². The average molecular weight is 423 g/mol. The molecule has 0 aliphatic rings. The molecule has 0 aliphatic heterocycles. The quantitative estimate of drug-likeness (QED) is 0.428. The largest absolute Gasteiger partial charge is 0.435 e. The Bertz CT molecular complexity index is 1160. The predicted octanol–water partition coefficient (Wildman–Crippen LogP) is 5.16. The number of hydrogen-bond donors (Lipinski definition) is 0. The van der Waals surface area contributed by atoms with Crippen molar-refractivity contribution in [3.63, 3.8) is 0 Å². The molecule has 4 rings (SSSR count). The van der Waals surface area contributed by atoms with E-state index in [9.17, 15) is 26.3 Å². The lowest BCUT2D eigenvalue weighted by molar-refractivity contribution is -0.143. The molecule has 0 amide bonds. The maximum atomic E-state index is 13.2. The van der Waals surface area contributed by atoms with E-state index in [0.29, 0.717) is 11.4 Å². The normalized spacial score (nSPS) is 12.3. The van der Waals surface area contributed by atoms with Crippen LogP contribution in [0.15, 0.2) is 66.9 Å². The molecule has 154 valence electrons. The minimum absolute atomic E-state index is 0.0164. The van der Waals surface area contributed by atoms with Crippen molar-refractivity contribution in [2.24, 2.45) is 0 Å². The Balaban J connectivity index is 1.68. The lowest BCUT2D eigenvalue weighted by atomic mass is 10.2. The van der Waals surface area contributed by atoms with Crippen LogP contribution in [0.2, 0.25) is 0 Å². The highest BCUT2D eigenvalue weighted by Gasteiger charge is 2.42. The van der Waals surface area contributed by atoms with E-state index in [1.807, 2.05) is 30.3 Å². The van der Waals surface area contributed by atoms with Gasteiger partial charge in [-0.25, -0.2) is 9.36 Å². The maximum Gasteiger partial charge on any atom is 0.435 e. The molecule has 2 heterocycles. The number of alkyl halides is 6. The van der Waals surface area contributed by atoms with Crippen molar-refractivity contribution in [3.05, 3.63) is 78.2 Å². The number of halogens is 6. The molecule has 0 bridgehead atoms. The fraction of sp³-hybridized carbons (Fsp3) is 0.105. The molecular weight excluding hydrogens is 412 g/mol. The molecule has 0 fully saturated rings. The number of benzene rings is 2. The van der Waals surface area contributed by atoms with E-state index in [2.05, 4.69) is 15.4 Å². The molecule has 0 N–H and O–H groups in total. The smallest absolute Gasteiger partial charge is 0.228 e. The number of aromatic nitrogens is 5. The highest BCUT2D eigenvalue weighted by atomic mass is 19.4. The zero-order valence-electron chi connectivity index (χ0n) is 14.9. The van der Waals surface area contributed by atoms with Crippen molar-refractivity contribution >= 4 is 0 Å². The molecule has 5 nitrogen and oxygen atoms in total. The Hall–Kier alpha value is -3.63. The highest BCUT2D eigenvalue weighted by Crippen LogP contribution is 2.36. The predicted molar refractivity (Wildman–Crippen MR) is 93.9 cm³/mol. The Kier molecular flexibility index (Phi) is 4.60.